The van der Waals surface area contributed by atoms with E-state index >= 15 is 0 Å². The van der Waals surface area contributed by atoms with Gasteiger partial charge in [0, 0.05) is 6.42 Å². The van der Waals surface area contributed by atoms with Crippen molar-refractivity contribution in [2.24, 2.45) is 5.92 Å². The minimum absolute atomic E-state index is 0.737. The van der Waals surface area contributed by atoms with Crippen molar-refractivity contribution in [3.8, 4) is 0 Å². The van der Waals surface area contributed by atoms with Gasteiger partial charge < -0.3 is 10.3 Å². The lowest BCUT2D eigenvalue weighted by atomic mass is 9.96. The summed E-state index contributed by atoms with van der Waals surface area (Å²) in [5.41, 5.74) is 4.90. The molecular weight excluding hydrogens is 222 g/mol. The fourth-order valence-electron chi connectivity index (χ4n) is 2.99. The topological polar surface area (TPSA) is 40.7 Å². The lowest BCUT2D eigenvalue weighted by Gasteiger charge is -2.21. The van der Waals surface area contributed by atoms with Crippen molar-refractivity contribution in [1.82, 2.24) is 15.3 Å². The molecule has 0 bridgehead atoms. The summed E-state index contributed by atoms with van der Waals surface area (Å²) in [6, 6.07) is 4.40. The highest BCUT2D eigenvalue weighted by atomic mass is 14.9. The van der Waals surface area contributed by atoms with Gasteiger partial charge in [0.2, 0.25) is 0 Å². The van der Waals surface area contributed by atoms with Crippen LogP contribution in [0, 0.1) is 19.8 Å². The first kappa shape index (κ1) is 11.7. The van der Waals surface area contributed by atoms with Gasteiger partial charge in [-0.05, 0) is 62.9 Å². The Morgan fingerprint density at radius 1 is 1.33 bits per heavy atom. The molecule has 3 heteroatoms. The summed E-state index contributed by atoms with van der Waals surface area (Å²) in [6.07, 6.45) is 3.69. The Bertz CT molecular complexity index is 550. The molecule has 0 aliphatic carbocycles. The number of aryl methyl sites for hydroxylation is 2. The fourth-order valence-corrected chi connectivity index (χ4v) is 2.99. The van der Waals surface area contributed by atoms with Crippen LogP contribution in [-0.4, -0.2) is 23.1 Å². The number of rotatable bonds is 2. The normalized spacial score (nSPS) is 20.4. The van der Waals surface area contributed by atoms with E-state index in [9.17, 15) is 0 Å². The zero-order chi connectivity index (χ0) is 12.5. The van der Waals surface area contributed by atoms with Crippen molar-refractivity contribution in [1.29, 1.82) is 0 Å². The molecular formula is C15H21N3. The van der Waals surface area contributed by atoms with Gasteiger partial charge in [-0.15, -0.1) is 0 Å². The third-order valence-corrected chi connectivity index (χ3v) is 3.85. The largest absolute Gasteiger partial charge is 0.342 e. The van der Waals surface area contributed by atoms with Gasteiger partial charge in [-0.1, -0.05) is 6.07 Å². The van der Waals surface area contributed by atoms with Crippen LogP contribution in [0.5, 0.6) is 0 Å². The highest BCUT2D eigenvalue weighted by molar-refractivity contribution is 5.79. The predicted molar refractivity (Wildman–Crippen MR) is 74.9 cm³/mol. The first-order valence-electron chi connectivity index (χ1n) is 6.89. The van der Waals surface area contributed by atoms with Crippen molar-refractivity contribution in [2.75, 3.05) is 13.1 Å². The Morgan fingerprint density at radius 2 is 2.22 bits per heavy atom. The molecule has 2 aromatic rings. The molecule has 1 fully saturated rings. The van der Waals surface area contributed by atoms with Crippen molar-refractivity contribution in [2.45, 2.75) is 33.1 Å². The standard InChI is InChI=1S/C15H21N3/c1-10-6-11(2)15-13(7-10)17-14(18-15)8-12-4-3-5-16-9-12/h6-7,12,16H,3-5,8-9H2,1-2H3,(H,17,18). The number of nitrogens with one attached hydrogen (secondary N) is 2. The van der Waals surface area contributed by atoms with Crippen LogP contribution in [0.3, 0.4) is 0 Å². The molecule has 2 heterocycles. The van der Waals surface area contributed by atoms with E-state index in [-0.39, 0.29) is 0 Å². The van der Waals surface area contributed by atoms with Crippen LogP contribution in [0.25, 0.3) is 11.0 Å². The van der Waals surface area contributed by atoms with E-state index in [1.807, 2.05) is 0 Å². The monoisotopic (exact) mass is 243 g/mol. The summed E-state index contributed by atoms with van der Waals surface area (Å²) in [7, 11) is 0. The number of hydrogen-bond donors (Lipinski definition) is 2. The molecule has 96 valence electrons. The van der Waals surface area contributed by atoms with Crippen LogP contribution >= 0.6 is 0 Å². The molecule has 1 unspecified atom stereocenters. The molecule has 0 spiro atoms. The zero-order valence-electron chi connectivity index (χ0n) is 11.2. The molecule has 1 aromatic heterocycles. The smallest absolute Gasteiger partial charge is 0.107 e. The second-order valence-electron chi connectivity index (χ2n) is 5.58. The highest BCUT2D eigenvalue weighted by Gasteiger charge is 2.15. The minimum Gasteiger partial charge on any atom is -0.342 e. The number of imidazole rings is 1. The summed E-state index contributed by atoms with van der Waals surface area (Å²) >= 11 is 0. The van der Waals surface area contributed by atoms with Gasteiger partial charge in [0.15, 0.2) is 0 Å². The maximum absolute atomic E-state index is 4.76. The van der Waals surface area contributed by atoms with E-state index in [2.05, 4.69) is 36.3 Å². The summed E-state index contributed by atoms with van der Waals surface area (Å²) in [5, 5.41) is 3.47. The fraction of sp³-hybridized carbons (Fsp3) is 0.533. The van der Waals surface area contributed by atoms with Crippen molar-refractivity contribution in [3.05, 3.63) is 29.1 Å². The second kappa shape index (κ2) is 4.73. The van der Waals surface area contributed by atoms with Gasteiger partial charge in [-0.2, -0.15) is 0 Å². The molecule has 1 aliphatic heterocycles. The van der Waals surface area contributed by atoms with E-state index in [4.69, 9.17) is 4.98 Å². The van der Waals surface area contributed by atoms with E-state index in [1.54, 1.807) is 0 Å². The van der Waals surface area contributed by atoms with Gasteiger partial charge in [0.1, 0.15) is 5.82 Å². The van der Waals surface area contributed by atoms with E-state index < -0.39 is 0 Å². The number of piperidine rings is 1. The Labute approximate surface area is 108 Å². The highest BCUT2D eigenvalue weighted by Crippen LogP contribution is 2.21. The molecule has 1 aromatic carbocycles. The van der Waals surface area contributed by atoms with Gasteiger partial charge in [0.05, 0.1) is 11.0 Å². The van der Waals surface area contributed by atoms with E-state index in [0.29, 0.717) is 0 Å². The SMILES string of the molecule is Cc1cc(C)c2nc(CC3CCCNC3)[nH]c2c1. The lowest BCUT2D eigenvalue weighted by Crippen LogP contribution is -2.31. The number of aromatic amines is 1. The molecule has 2 N–H and O–H groups in total. The predicted octanol–water partition coefficient (Wildman–Crippen LogP) is 2.72. The van der Waals surface area contributed by atoms with Crippen molar-refractivity contribution >= 4 is 11.0 Å². The third kappa shape index (κ3) is 2.27. The van der Waals surface area contributed by atoms with Crippen LogP contribution in [0.4, 0.5) is 0 Å². The van der Waals surface area contributed by atoms with Crippen molar-refractivity contribution < 1.29 is 0 Å². The maximum Gasteiger partial charge on any atom is 0.107 e. The van der Waals surface area contributed by atoms with E-state index in [0.717, 1.165) is 30.2 Å². The number of benzene rings is 1. The van der Waals surface area contributed by atoms with Crippen LogP contribution in [0.15, 0.2) is 12.1 Å². The summed E-state index contributed by atoms with van der Waals surface area (Å²) in [6.45, 7) is 6.59. The molecule has 1 saturated heterocycles. The average Bonchev–Trinajstić information content (AvgIpc) is 2.73. The minimum atomic E-state index is 0.737. The van der Waals surface area contributed by atoms with Crippen LogP contribution < -0.4 is 5.32 Å². The second-order valence-corrected chi connectivity index (χ2v) is 5.58. The van der Waals surface area contributed by atoms with Gasteiger partial charge in [-0.25, -0.2) is 4.98 Å². The summed E-state index contributed by atoms with van der Waals surface area (Å²) in [5.74, 6) is 1.88. The average molecular weight is 243 g/mol. The Kier molecular flexibility index (Phi) is 3.08. The van der Waals surface area contributed by atoms with Crippen LogP contribution in [0.1, 0.15) is 29.8 Å². The number of aromatic nitrogens is 2. The molecule has 1 aliphatic rings. The number of hydrogen-bond acceptors (Lipinski definition) is 2. The van der Waals surface area contributed by atoms with Gasteiger partial charge in [0.25, 0.3) is 0 Å². The first-order valence-corrected chi connectivity index (χ1v) is 6.89. The molecule has 1 atom stereocenters. The Hall–Kier alpha value is -1.35. The first-order chi connectivity index (χ1) is 8.72. The maximum atomic E-state index is 4.76. The number of nitrogens with zero attached hydrogens (tertiary/aromatic N) is 1. The van der Waals surface area contributed by atoms with Crippen LogP contribution in [0.2, 0.25) is 0 Å². The van der Waals surface area contributed by atoms with Gasteiger partial charge >= 0.3 is 0 Å². The van der Waals surface area contributed by atoms with Gasteiger partial charge in [-0.3, -0.25) is 0 Å². The summed E-state index contributed by atoms with van der Waals surface area (Å²) in [4.78, 5) is 8.25. The molecule has 18 heavy (non-hydrogen) atoms. The lowest BCUT2D eigenvalue weighted by molar-refractivity contribution is 0.371. The molecule has 3 rings (SSSR count). The third-order valence-electron chi connectivity index (χ3n) is 3.85. The Balaban J connectivity index is 1.86. The molecule has 0 radical (unpaired) electrons. The molecule has 0 amide bonds. The zero-order valence-corrected chi connectivity index (χ0v) is 11.2. The quantitative estimate of drug-likeness (QED) is 0.851. The van der Waals surface area contributed by atoms with E-state index in [1.165, 1.54) is 36.0 Å². The van der Waals surface area contributed by atoms with Crippen LogP contribution in [-0.2, 0) is 6.42 Å². The number of fused-ring (bicyclic) bond motifs is 1. The molecule has 0 saturated carbocycles. The molecule has 3 nitrogen and oxygen atoms in total. The summed E-state index contributed by atoms with van der Waals surface area (Å²) < 4.78 is 0. The Morgan fingerprint density at radius 3 is 3.00 bits per heavy atom. The van der Waals surface area contributed by atoms with Crippen molar-refractivity contribution in [3.63, 3.8) is 0 Å². The number of H-pyrrole nitrogens is 1.